The molecule has 0 N–H and O–H groups in total. The predicted octanol–water partition coefficient (Wildman–Crippen LogP) is 2.64. The highest BCUT2D eigenvalue weighted by molar-refractivity contribution is 5.85. The summed E-state index contributed by atoms with van der Waals surface area (Å²) in [4.78, 5) is 12.8. The molecular weight excluding hydrogens is 269 g/mol. The lowest BCUT2D eigenvalue weighted by atomic mass is 9.85. The SMILES string of the molecule is C[C@]1(CCC#N)CN2CC[C@@H](c3cccc(F)c3)N2C1=O. The molecular formula is C16H18FN3O. The van der Waals surface area contributed by atoms with Gasteiger partial charge in [-0.25, -0.2) is 9.40 Å². The van der Waals surface area contributed by atoms with Crippen LogP contribution in [0, 0.1) is 22.6 Å². The molecule has 0 aromatic heterocycles. The van der Waals surface area contributed by atoms with Gasteiger partial charge in [-0.1, -0.05) is 12.1 Å². The fourth-order valence-electron chi connectivity index (χ4n) is 3.41. The molecule has 1 amide bonds. The lowest BCUT2D eigenvalue weighted by Gasteiger charge is -2.26. The van der Waals surface area contributed by atoms with Gasteiger partial charge in [0.1, 0.15) is 5.82 Å². The van der Waals surface area contributed by atoms with Gasteiger partial charge in [-0.3, -0.25) is 9.80 Å². The van der Waals surface area contributed by atoms with E-state index in [1.54, 1.807) is 11.1 Å². The molecule has 0 saturated carbocycles. The maximum atomic E-state index is 13.4. The standard InChI is InChI=1S/C16H18FN3O/c1-16(7-3-8-18)11-19-9-6-14(20(19)15(16)21)12-4-2-5-13(17)10-12/h2,4-5,10,14H,3,6-7,9,11H2,1H3/t14-,16-/m0/s1. The summed E-state index contributed by atoms with van der Waals surface area (Å²) in [5.74, 6) is -0.214. The van der Waals surface area contributed by atoms with E-state index in [4.69, 9.17) is 5.26 Å². The van der Waals surface area contributed by atoms with Gasteiger partial charge in [-0.05, 0) is 37.5 Å². The largest absolute Gasteiger partial charge is 0.273 e. The number of amides is 1. The lowest BCUT2D eigenvalue weighted by Crippen LogP contribution is -2.36. The molecule has 0 radical (unpaired) electrons. The van der Waals surface area contributed by atoms with Crippen molar-refractivity contribution in [3.05, 3.63) is 35.6 Å². The molecule has 2 aliphatic heterocycles. The van der Waals surface area contributed by atoms with E-state index in [1.165, 1.54) is 12.1 Å². The van der Waals surface area contributed by atoms with Gasteiger partial charge in [-0.15, -0.1) is 0 Å². The minimum Gasteiger partial charge on any atom is -0.273 e. The molecule has 1 aromatic carbocycles. The van der Waals surface area contributed by atoms with Crippen molar-refractivity contribution in [2.45, 2.75) is 32.2 Å². The van der Waals surface area contributed by atoms with Gasteiger partial charge in [-0.2, -0.15) is 5.26 Å². The molecule has 4 nitrogen and oxygen atoms in total. The fraction of sp³-hybridized carbons (Fsp3) is 0.500. The molecule has 3 rings (SSSR count). The second-order valence-electron chi connectivity index (χ2n) is 6.12. The van der Waals surface area contributed by atoms with Gasteiger partial charge in [0.15, 0.2) is 0 Å². The zero-order chi connectivity index (χ0) is 15.0. The van der Waals surface area contributed by atoms with Crippen molar-refractivity contribution >= 4 is 5.91 Å². The minimum atomic E-state index is -0.498. The summed E-state index contributed by atoms with van der Waals surface area (Å²) in [5.41, 5.74) is 0.345. The first-order valence-corrected chi connectivity index (χ1v) is 7.26. The van der Waals surface area contributed by atoms with Crippen LogP contribution in [0.5, 0.6) is 0 Å². The Bertz CT molecular complexity index is 612. The summed E-state index contributed by atoms with van der Waals surface area (Å²) in [7, 11) is 0. The molecule has 0 spiro atoms. The van der Waals surface area contributed by atoms with Crippen molar-refractivity contribution in [2.75, 3.05) is 13.1 Å². The zero-order valence-corrected chi connectivity index (χ0v) is 12.1. The molecule has 2 fully saturated rings. The van der Waals surface area contributed by atoms with Crippen LogP contribution in [0.15, 0.2) is 24.3 Å². The van der Waals surface area contributed by atoms with Crippen molar-refractivity contribution in [1.82, 2.24) is 10.0 Å². The van der Waals surface area contributed by atoms with E-state index in [9.17, 15) is 9.18 Å². The van der Waals surface area contributed by atoms with Crippen LogP contribution in [0.25, 0.3) is 0 Å². The van der Waals surface area contributed by atoms with Crippen LogP contribution in [-0.2, 0) is 4.79 Å². The second kappa shape index (κ2) is 5.12. The number of rotatable bonds is 3. The molecule has 2 heterocycles. The van der Waals surface area contributed by atoms with E-state index in [-0.39, 0.29) is 17.8 Å². The molecule has 1 aromatic rings. The average molecular weight is 287 g/mol. The fourth-order valence-corrected chi connectivity index (χ4v) is 3.41. The molecule has 0 aliphatic carbocycles. The highest BCUT2D eigenvalue weighted by Gasteiger charge is 2.52. The first kappa shape index (κ1) is 14.0. The number of hydrogen-bond donors (Lipinski definition) is 0. The molecule has 21 heavy (non-hydrogen) atoms. The van der Waals surface area contributed by atoms with Gasteiger partial charge < -0.3 is 0 Å². The summed E-state index contributed by atoms with van der Waals surface area (Å²) in [6.07, 6.45) is 1.78. The Labute approximate surface area is 123 Å². The Hall–Kier alpha value is -1.93. The normalized spacial score (nSPS) is 28.7. The van der Waals surface area contributed by atoms with Crippen LogP contribution in [0.1, 0.15) is 37.8 Å². The number of carbonyl (C=O) groups is 1. The summed E-state index contributed by atoms with van der Waals surface area (Å²) >= 11 is 0. The predicted molar refractivity (Wildman–Crippen MR) is 75.1 cm³/mol. The third-order valence-corrected chi connectivity index (χ3v) is 4.54. The lowest BCUT2D eigenvalue weighted by molar-refractivity contribution is -0.142. The van der Waals surface area contributed by atoms with E-state index >= 15 is 0 Å². The van der Waals surface area contributed by atoms with Crippen LogP contribution in [0.2, 0.25) is 0 Å². The number of hydrazine groups is 1. The number of halogens is 1. The van der Waals surface area contributed by atoms with Crippen molar-refractivity contribution in [3.63, 3.8) is 0 Å². The van der Waals surface area contributed by atoms with Crippen LogP contribution in [0.3, 0.4) is 0 Å². The third-order valence-electron chi connectivity index (χ3n) is 4.54. The average Bonchev–Trinajstić information content (AvgIpc) is 2.97. The third kappa shape index (κ3) is 2.30. The van der Waals surface area contributed by atoms with Crippen molar-refractivity contribution in [2.24, 2.45) is 5.41 Å². The van der Waals surface area contributed by atoms with Gasteiger partial charge >= 0.3 is 0 Å². The molecule has 2 saturated heterocycles. The number of nitrogens with zero attached hydrogens (tertiary/aromatic N) is 3. The highest BCUT2D eigenvalue weighted by atomic mass is 19.1. The molecule has 2 aliphatic rings. The van der Waals surface area contributed by atoms with Crippen molar-refractivity contribution in [1.29, 1.82) is 5.26 Å². The van der Waals surface area contributed by atoms with Crippen molar-refractivity contribution < 1.29 is 9.18 Å². The number of benzene rings is 1. The summed E-state index contributed by atoms with van der Waals surface area (Å²) in [5, 5.41) is 12.6. The van der Waals surface area contributed by atoms with Crippen molar-refractivity contribution in [3.8, 4) is 6.07 Å². The molecule has 110 valence electrons. The Morgan fingerprint density at radius 3 is 3.05 bits per heavy atom. The first-order valence-electron chi connectivity index (χ1n) is 7.26. The van der Waals surface area contributed by atoms with E-state index in [2.05, 4.69) is 11.1 Å². The monoisotopic (exact) mass is 287 g/mol. The summed E-state index contributed by atoms with van der Waals surface area (Å²) < 4.78 is 13.4. The smallest absolute Gasteiger partial charge is 0.244 e. The highest BCUT2D eigenvalue weighted by Crippen LogP contribution is 2.44. The first-order chi connectivity index (χ1) is 10.0. The van der Waals surface area contributed by atoms with Crippen LogP contribution in [0.4, 0.5) is 4.39 Å². The minimum absolute atomic E-state index is 0.0597. The maximum absolute atomic E-state index is 13.4. The van der Waals surface area contributed by atoms with E-state index in [0.717, 1.165) is 18.5 Å². The van der Waals surface area contributed by atoms with Gasteiger partial charge in [0.2, 0.25) is 5.91 Å². The van der Waals surface area contributed by atoms with Gasteiger partial charge in [0.05, 0.1) is 17.5 Å². The number of fused-ring (bicyclic) bond motifs is 1. The topological polar surface area (TPSA) is 47.3 Å². The second-order valence-corrected chi connectivity index (χ2v) is 6.12. The number of carbonyl (C=O) groups excluding carboxylic acids is 1. The number of hydrogen-bond acceptors (Lipinski definition) is 3. The van der Waals surface area contributed by atoms with Crippen LogP contribution < -0.4 is 0 Å². The van der Waals surface area contributed by atoms with E-state index in [0.29, 0.717) is 19.4 Å². The van der Waals surface area contributed by atoms with Crippen LogP contribution >= 0.6 is 0 Å². The molecule has 2 atom stereocenters. The molecule has 0 bridgehead atoms. The Balaban J connectivity index is 1.86. The Kier molecular flexibility index (Phi) is 3.42. The zero-order valence-electron chi connectivity index (χ0n) is 12.1. The Morgan fingerprint density at radius 2 is 2.33 bits per heavy atom. The van der Waals surface area contributed by atoms with Gasteiger partial charge in [0.25, 0.3) is 0 Å². The van der Waals surface area contributed by atoms with E-state index in [1.807, 2.05) is 13.0 Å². The summed E-state index contributed by atoms with van der Waals surface area (Å²) in [6, 6.07) is 8.51. The van der Waals surface area contributed by atoms with Crippen LogP contribution in [-0.4, -0.2) is 29.0 Å². The summed E-state index contributed by atoms with van der Waals surface area (Å²) in [6.45, 7) is 3.38. The quantitative estimate of drug-likeness (QED) is 0.858. The molecule has 0 unspecified atom stereocenters. The molecule has 5 heteroatoms. The van der Waals surface area contributed by atoms with E-state index < -0.39 is 5.41 Å². The van der Waals surface area contributed by atoms with Gasteiger partial charge in [0, 0.05) is 19.5 Å². The number of nitriles is 1. The Morgan fingerprint density at radius 1 is 1.52 bits per heavy atom. The maximum Gasteiger partial charge on any atom is 0.244 e.